The van der Waals surface area contributed by atoms with Gasteiger partial charge in [0.15, 0.2) is 0 Å². The van der Waals surface area contributed by atoms with Crippen molar-refractivity contribution in [2.45, 2.75) is 24.3 Å². The fourth-order valence-electron chi connectivity index (χ4n) is 2.22. The van der Waals surface area contributed by atoms with E-state index in [0.29, 0.717) is 10.0 Å². The number of hydrogen-bond acceptors (Lipinski definition) is 4. The predicted octanol–water partition coefficient (Wildman–Crippen LogP) is 1.62. The SMILES string of the molecule is Cc1ccc(Br)cc1S(=O)(=O)N1CCOC(CC(=O)O)C1. The average molecular weight is 378 g/mol. The Morgan fingerprint density at radius 3 is 2.90 bits per heavy atom. The molecule has 1 heterocycles. The lowest BCUT2D eigenvalue weighted by molar-refractivity contribution is -0.141. The van der Waals surface area contributed by atoms with Gasteiger partial charge < -0.3 is 9.84 Å². The Hall–Kier alpha value is -0.960. The van der Waals surface area contributed by atoms with Gasteiger partial charge in [-0.15, -0.1) is 0 Å². The van der Waals surface area contributed by atoms with Crippen molar-refractivity contribution in [1.29, 1.82) is 0 Å². The number of hydrogen-bond donors (Lipinski definition) is 1. The van der Waals surface area contributed by atoms with Crippen molar-refractivity contribution in [3.05, 3.63) is 28.2 Å². The summed E-state index contributed by atoms with van der Waals surface area (Å²) in [6, 6.07) is 5.07. The molecule has 2 rings (SSSR count). The second-order valence-electron chi connectivity index (χ2n) is 4.86. The molecule has 0 spiro atoms. The zero-order valence-corrected chi connectivity index (χ0v) is 13.9. The van der Waals surface area contributed by atoms with Gasteiger partial charge >= 0.3 is 5.97 Å². The van der Waals surface area contributed by atoms with Gasteiger partial charge in [0.05, 0.1) is 24.0 Å². The van der Waals surface area contributed by atoms with Gasteiger partial charge in [-0.25, -0.2) is 8.42 Å². The highest BCUT2D eigenvalue weighted by Crippen LogP contribution is 2.25. The minimum Gasteiger partial charge on any atom is -0.481 e. The maximum Gasteiger partial charge on any atom is 0.306 e. The van der Waals surface area contributed by atoms with Crippen molar-refractivity contribution in [1.82, 2.24) is 4.31 Å². The third-order valence-corrected chi connectivity index (χ3v) is 5.77. The lowest BCUT2D eigenvalue weighted by Gasteiger charge is -2.31. The molecule has 8 heteroatoms. The Kier molecular flexibility index (Phi) is 5.03. The van der Waals surface area contributed by atoms with Crippen molar-refractivity contribution in [3.8, 4) is 0 Å². The van der Waals surface area contributed by atoms with Gasteiger partial charge in [0, 0.05) is 17.6 Å². The van der Waals surface area contributed by atoms with Crippen molar-refractivity contribution in [2.24, 2.45) is 0 Å². The molecule has 1 aliphatic rings. The van der Waals surface area contributed by atoms with E-state index in [4.69, 9.17) is 9.84 Å². The topological polar surface area (TPSA) is 83.9 Å². The van der Waals surface area contributed by atoms with E-state index >= 15 is 0 Å². The molecule has 1 saturated heterocycles. The number of carboxylic acids is 1. The number of morpholine rings is 1. The van der Waals surface area contributed by atoms with Gasteiger partial charge in [-0.05, 0) is 24.6 Å². The number of nitrogens with zero attached hydrogens (tertiary/aromatic N) is 1. The molecule has 1 aromatic carbocycles. The highest BCUT2D eigenvalue weighted by atomic mass is 79.9. The van der Waals surface area contributed by atoms with Crippen LogP contribution in [0.1, 0.15) is 12.0 Å². The third-order valence-electron chi connectivity index (χ3n) is 3.27. The van der Waals surface area contributed by atoms with Crippen LogP contribution >= 0.6 is 15.9 Å². The molecule has 0 radical (unpaired) electrons. The number of carboxylic acid groups (broad SMARTS) is 1. The zero-order chi connectivity index (χ0) is 15.6. The van der Waals surface area contributed by atoms with E-state index in [2.05, 4.69) is 15.9 Å². The lowest BCUT2D eigenvalue weighted by Crippen LogP contribution is -2.46. The monoisotopic (exact) mass is 377 g/mol. The maximum absolute atomic E-state index is 12.7. The summed E-state index contributed by atoms with van der Waals surface area (Å²) in [5.74, 6) is -1.00. The van der Waals surface area contributed by atoms with E-state index in [-0.39, 0.29) is 31.0 Å². The molecule has 1 aliphatic heterocycles. The predicted molar refractivity (Wildman–Crippen MR) is 79.6 cm³/mol. The third kappa shape index (κ3) is 3.82. The summed E-state index contributed by atoms with van der Waals surface area (Å²) in [4.78, 5) is 11.0. The highest BCUT2D eigenvalue weighted by Gasteiger charge is 2.32. The lowest BCUT2D eigenvalue weighted by atomic mass is 10.2. The van der Waals surface area contributed by atoms with Crippen LogP contribution in [0.4, 0.5) is 0 Å². The molecule has 0 amide bonds. The summed E-state index contributed by atoms with van der Waals surface area (Å²) in [7, 11) is -3.65. The van der Waals surface area contributed by atoms with Crippen LogP contribution in [0.5, 0.6) is 0 Å². The Labute approximate surface area is 131 Å². The van der Waals surface area contributed by atoms with Crippen molar-refractivity contribution < 1.29 is 23.1 Å². The first-order chi connectivity index (χ1) is 9.80. The van der Waals surface area contributed by atoms with Gasteiger partial charge in [-0.3, -0.25) is 4.79 Å². The molecule has 1 N–H and O–H groups in total. The number of rotatable bonds is 4. The van der Waals surface area contributed by atoms with Crippen LogP contribution in [0.3, 0.4) is 0 Å². The quantitative estimate of drug-likeness (QED) is 0.861. The molecule has 0 saturated carbocycles. The van der Waals surface area contributed by atoms with Crippen molar-refractivity contribution >= 4 is 31.9 Å². The first-order valence-corrected chi connectivity index (χ1v) is 8.63. The molecule has 0 bridgehead atoms. The second kappa shape index (κ2) is 6.43. The maximum atomic E-state index is 12.7. The summed E-state index contributed by atoms with van der Waals surface area (Å²) in [5.41, 5.74) is 0.652. The fraction of sp³-hybridized carbons (Fsp3) is 0.462. The van der Waals surface area contributed by atoms with Crippen LogP contribution in [0.25, 0.3) is 0 Å². The van der Waals surface area contributed by atoms with Gasteiger partial charge in [-0.1, -0.05) is 22.0 Å². The number of halogens is 1. The second-order valence-corrected chi connectivity index (χ2v) is 7.69. The molecule has 116 valence electrons. The van der Waals surface area contributed by atoms with E-state index in [1.54, 1.807) is 25.1 Å². The molecule has 21 heavy (non-hydrogen) atoms. The van der Waals surface area contributed by atoms with E-state index < -0.39 is 22.1 Å². The standard InChI is InChI=1S/C13H16BrNO5S/c1-9-2-3-10(14)6-12(9)21(18,19)15-4-5-20-11(8-15)7-13(16)17/h2-3,6,11H,4-5,7-8H2,1H3,(H,16,17). The molecular weight excluding hydrogens is 362 g/mol. The summed E-state index contributed by atoms with van der Waals surface area (Å²) >= 11 is 3.27. The Morgan fingerprint density at radius 1 is 1.52 bits per heavy atom. The highest BCUT2D eigenvalue weighted by molar-refractivity contribution is 9.10. The van der Waals surface area contributed by atoms with Crippen molar-refractivity contribution in [3.63, 3.8) is 0 Å². The summed E-state index contributed by atoms with van der Waals surface area (Å²) < 4.78 is 32.7. The average Bonchev–Trinajstić information content (AvgIpc) is 2.41. The van der Waals surface area contributed by atoms with E-state index in [0.717, 1.165) is 0 Å². The minimum atomic E-state index is -3.65. The van der Waals surface area contributed by atoms with Crippen LogP contribution in [-0.2, 0) is 19.6 Å². The smallest absolute Gasteiger partial charge is 0.306 e. The van der Waals surface area contributed by atoms with Crippen LogP contribution in [-0.4, -0.2) is 49.6 Å². The first-order valence-electron chi connectivity index (χ1n) is 6.40. The van der Waals surface area contributed by atoms with E-state index in [9.17, 15) is 13.2 Å². The number of sulfonamides is 1. The molecule has 1 atom stereocenters. The summed E-state index contributed by atoms with van der Waals surface area (Å²) in [5, 5.41) is 8.80. The largest absolute Gasteiger partial charge is 0.481 e. The van der Waals surface area contributed by atoms with Gasteiger partial charge in [0.2, 0.25) is 10.0 Å². The van der Waals surface area contributed by atoms with Gasteiger partial charge in [0.1, 0.15) is 0 Å². The van der Waals surface area contributed by atoms with Gasteiger partial charge in [-0.2, -0.15) is 4.31 Å². The van der Waals surface area contributed by atoms with Gasteiger partial charge in [0.25, 0.3) is 0 Å². The number of carbonyl (C=O) groups is 1. The molecule has 1 unspecified atom stereocenters. The van der Waals surface area contributed by atoms with Crippen LogP contribution in [0.2, 0.25) is 0 Å². The molecule has 6 nitrogen and oxygen atoms in total. The van der Waals surface area contributed by atoms with Crippen molar-refractivity contribution in [2.75, 3.05) is 19.7 Å². The summed E-state index contributed by atoms with van der Waals surface area (Å²) in [6.45, 7) is 2.21. The number of aryl methyl sites for hydroxylation is 1. The minimum absolute atomic E-state index is 0.0561. The normalized spacial score (nSPS) is 20.4. The molecular formula is C13H16BrNO5S. The van der Waals surface area contributed by atoms with E-state index in [1.165, 1.54) is 4.31 Å². The summed E-state index contributed by atoms with van der Waals surface area (Å²) in [6.07, 6.45) is -0.817. The Balaban J connectivity index is 2.26. The number of benzene rings is 1. The van der Waals surface area contributed by atoms with Crippen LogP contribution in [0, 0.1) is 6.92 Å². The molecule has 0 aliphatic carbocycles. The van der Waals surface area contributed by atoms with E-state index in [1.807, 2.05) is 0 Å². The molecule has 1 fully saturated rings. The number of aliphatic carboxylic acids is 1. The van der Waals surface area contributed by atoms with Crippen LogP contribution < -0.4 is 0 Å². The molecule has 0 aromatic heterocycles. The Bertz CT molecular complexity index is 646. The fourth-order valence-corrected chi connectivity index (χ4v) is 4.44. The molecule has 1 aromatic rings. The number of ether oxygens (including phenoxy) is 1. The first kappa shape index (κ1) is 16.4. The Morgan fingerprint density at radius 2 is 2.24 bits per heavy atom. The van der Waals surface area contributed by atoms with Crippen LogP contribution in [0.15, 0.2) is 27.6 Å². The zero-order valence-electron chi connectivity index (χ0n) is 11.5.